The summed E-state index contributed by atoms with van der Waals surface area (Å²) in [5.74, 6) is -2.26. The van der Waals surface area contributed by atoms with Crippen LogP contribution in [-0.2, 0) is 11.3 Å². The van der Waals surface area contributed by atoms with Crippen molar-refractivity contribution >= 4 is 45.7 Å². The molecule has 1 aliphatic rings. The Kier molecular flexibility index (Phi) is 6.19. The highest BCUT2D eigenvalue weighted by atomic mass is 32.1. The van der Waals surface area contributed by atoms with Crippen LogP contribution in [0.5, 0.6) is 0 Å². The van der Waals surface area contributed by atoms with Gasteiger partial charge in [-0.05, 0) is 31.2 Å². The highest BCUT2D eigenvalue weighted by Gasteiger charge is 2.35. The molecule has 4 rings (SSSR count). The Labute approximate surface area is 196 Å². The van der Waals surface area contributed by atoms with E-state index >= 15 is 0 Å². The van der Waals surface area contributed by atoms with Crippen molar-refractivity contribution in [3.05, 3.63) is 91.8 Å². The van der Waals surface area contributed by atoms with Crippen LogP contribution in [0.25, 0.3) is 0 Å². The third kappa shape index (κ3) is 4.28. The molecule has 10 nitrogen and oxygen atoms in total. The Hall–Kier alpha value is -4.38. The molecular formula is C23H17N3O7S. The quantitative estimate of drug-likeness (QED) is 0.235. The van der Waals surface area contributed by atoms with Crippen molar-refractivity contribution in [2.24, 2.45) is 0 Å². The first-order chi connectivity index (χ1) is 16.3. The number of imide groups is 1. The SMILES string of the molecule is CCOC(=O)c1cc(CN2C(=O)c3ccccc3C2=O)sc1NC(=O)c1cccc([N+](=O)[O-])c1. The van der Waals surface area contributed by atoms with Crippen molar-refractivity contribution < 1.29 is 28.8 Å². The topological polar surface area (TPSA) is 136 Å². The number of carbonyl (C=O) groups is 4. The van der Waals surface area contributed by atoms with E-state index in [1.54, 1.807) is 31.2 Å². The Morgan fingerprint density at radius 3 is 2.35 bits per heavy atom. The maximum atomic E-state index is 12.7. The van der Waals surface area contributed by atoms with E-state index in [1.807, 2.05) is 0 Å². The maximum Gasteiger partial charge on any atom is 0.341 e. The van der Waals surface area contributed by atoms with Gasteiger partial charge in [0.1, 0.15) is 5.00 Å². The fourth-order valence-corrected chi connectivity index (χ4v) is 4.48. The van der Waals surface area contributed by atoms with Gasteiger partial charge in [-0.3, -0.25) is 29.4 Å². The summed E-state index contributed by atoms with van der Waals surface area (Å²) in [6, 6.07) is 13.1. The fraction of sp³-hybridized carbons (Fsp3) is 0.130. The molecule has 0 radical (unpaired) electrons. The number of amides is 3. The number of non-ortho nitro benzene ring substituents is 1. The van der Waals surface area contributed by atoms with E-state index < -0.39 is 28.6 Å². The second kappa shape index (κ2) is 9.24. The van der Waals surface area contributed by atoms with Crippen LogP contribution in [0, 0.1) is 10.1 Å². The number of esters is 1. The maximum absolute atomic E-state index is 12.7. The lowest BCUT2D eigenvalue weighted by Crippen LogP contribution is -2.28. The van der Waals surface area contributed by atoms with Gasteiger partial charge in [0.15, 0.2) is 0 Å². The van der Waals surface area contributed by atoms with Crippen molar-refractivity contribution in [2.45, 2.75) is 13.5 Å². The molecular weight excluding hydrogens is 462 g/mol. The number of nitro benzene ring substituents is 1. The molecule has 0 aliphatic carbocycles. The summed E-state index contributed by atoms with van der Waals surface area (Å²) in [5.41, 5.74) is 0.426. The van der Waals surface area contributed by atoms with Crippen LogP contribution in [0.15, 0.2) is 54.6 Å². The second-order valence-corrected chi connectivity index (χ2v) is 8.32. The minimum Gasteiger partial charge on any atom is -0.462 e. The minimum atomic E-state index is -0.693. The van der Waals surface area contributed by atoms with Gasteiger partial charge in [0.25, 0.3) is 23.4 Å². The molecule has 1 aliphatic heterocycles. The molecule has 0 atom stereocenters. The number of ether oxygens (including phenoxy) is 1. The lowest BCUT2D eigenvalue weighted by molar-refractivity contribution is -0.384. The molecule has 0 bridgehead atoms. The van der Waals surface area contributed by atoms with Gasteiger partial charge in [-0.15, -0.1) is 11.3 Å². The van der Waals surface area contributed by atoms with E-state index in [0.29, 0.717) is 16.0 Å². The zero-order valence-corrected chi connectivity index (χ0v) is 18.6. The minimum absolute atomic E-state index is 0.0271. The lowest BCUT2D eigenvalue weighted by atomic mass is 10.1. The van der Waals surface area contributed by atoms with Gasteiger partial charge < -0.3 is 10.1 Å². The van der Waals surface area contributed by atoms with E-state index in [1.165, 1.54) is 24.3 Å². The highest BCUT2D eigenvalue weighted by Crippen LogP contribution is 2.33. The Bertz CT molecular complexity index is 1310. The van der Waals surface area contributed by atoms with Crippen LogP contribution in [0.1, 0.15) is 53.2 Å². The van der Waals surface area contributed by atoms with Gasteiger partial charge in [0.2, 0.25) is 0 Å². The summed E-state index contributed by atoms with van der Waals surface area (Å²) < 4.78 is 5.06. The van der Waals surface area contributed by atoms with Crippen molar-refractivity contribution in [2.75, 3.05) is 11.9 Å². The molecule has 3 amide bonds. The standard InChI is InChI=1S/C23H17N3O7S/c1-2-33-23(30)18-11-15(12-25-21(28)16-8-3-4-9-17(16)22(25)29)34-20(18)24-19(27)13-6-5-7-14(10-13)26(31)32/h3-11H,2,12H2,1H3,(H,24,27). The molecule has 0 saturated carbocycles. The Morgan fingerprint density at radius 1 is 1.06 bits per heavy atom. The van der Waals surface area contributed by atoms with Crippen LogP contribution in [-0.4, -0.2) is 40.1 Å². The lowest BCUT2D eigenvalue weighted by Gasteiger charge is -2.12. The van der Waals surface area contributed by atoms with Crippen LogP contribution in [0.3, 0.4) is 0 Å². The predicted octanol–water partition coefficient (Wildman–Crippen LogP) is 3.88. The van der Waals surface area contributed by atoms with E-state index in [0.717, 1.165) is 22.3 Å². The summed E-state index contributed by atoms with van der Waals surface area (Å²) >= 11 is 1.00. The largest absolute Gasteiger partial charge is 0.462 e. The van der Waals surface area contributed by atoms with Crippen molar-refractivity contribution in [3.63, 3.8) is 0 Å². The highest BCUT2D eigenvalue weighted by molar-refractivity contribution is 7.16. The predicted molar refractivity (Wildman–Crippen MR) is 122 cm³/mol. The van der Waals surface area contributed by atoms with Crippen LogP contribution in [0.2, 0.25) is 0 Å². The van der Waals surface area contributed by atoms with Crippen molar-refractivity contribution in [1.82, 2.24) is 4.90 Å². The molecule has 0 spiro atoms. The second-order valence-electron chi connectivity index (χ2n) is 7.18. The number of nitro groups is 1. The summed E-state index contributed by atoms with van der Waals surface area (Å²) in [5, 5.41) is 13.7. The van der Waals surface area contributed by atoms with Gasteiger partial charge in [0, 0.05) is 22.6 Å². The first-order valence-corrected chi connectivity index (χ1v) is 10.9. The molecule has 0 fully saturated rings. The van der Waals surface area contributed by atoms with Crippen LogP contribution >= 0.6 is 11.3 Å². The number of hydrogen-bond acceptors (Lipinski definition) is 8. The number of carbonyl (C=O) groups excluding carboxylic acids is 4. The van der Waals surface area contributed by atoms with E-state index in [9.17, 15) is 29.3 Å². The first kappa shape index (κ1) is 22.8. The monoisotopic (exact) mass is 479 g/mol. The molecule has 3 aromatic rings. The number of thiophene rings is 1. The van der Waals surface area contributed by atoms with E-state index in [4.69, 9.17) is 4.74 Å². The van der Waals surface area contributed by atoms with Gasteiger partial charge >= 0.3 is 5.97 Å². The third-order valence-corrected chi connectivity index (χ3v) is 6.05. The van der Waals surface area contributed by atoms with E-state index in [2.05, 4.69) is 5.32 Å². The van der Waals surface area contributed by atoms with Crippen LogP contribution in [0.4, 0.5) is 10.7 Å². The average Bonchev–Trinajstić information content (AvgIpc) is 3.33. The van der Waals surface area contributed by atoms with Gasteiger partial charge in [-0.1, -0.05) is 18.2 Å². The first-order valence-electron chi connectivity index (χ1n) is 10.1. The normalized spacial score (nSPS) is 12.4. The number of rotatable bonds is 7. The molecule has 34 heavy (non-hydrogen) atoms. The van der Waals surface area contributed by atoms with Crippen molar-refractivity contribution in [1.29, 1.82) is 0 Å². The molecule has 2 aromatic carbocycles. The molecule has 172 valence electrons. The molecule has 0 saturated heterocycles. The number of hydrogen-bond donors (Lipinski definition) is 1. The smallest absolute Gasteiger partial charge is 0.341 e. The zero-order valence-electron chi connectivity index (χ0n) is 17.8. The van der Waals surface area contributed by atoms with Gasteiger partial charge in [-0.25, -0.2) is 4.79 Å². The zero-order chi connectivity index (χ0) is 24.4. The molecule has 11 heteroatoms. The Balaban J connectivity index is 1.61. The molecule has 1 N–H and O–H groups in total. The number of nitrogens with zero attached hydrogens (tertiary/aromatic N) is 2. The van der Waals surface area contributed by atoms with Gasteiger partial charge in [-0.2, -0.15) is 0 Å². The molecule has 2 heterocycles. The summed E-state index contributed by atoms with van der Waals surface area (Å²) in [6.45, 7) is 1.63. The number of nitrogens with one attached hydrogen (secondary N) is 1. The number of benzene rings is 2. The molecule has 0 unspecified atom stereocenters. The van der Waals surface area contributed by atoms with Crippen molar-refractivity contribution in [3.8, 4) is 0 Å². The summed E-state index contributed by atoms with van der Waals surface area (Å²) in [4.78, 5) is 62.5. The summed E-state index contributed by atoms with van der Waals surface area (Å²) in [6.07, 6.45) is 0. The Morgan fingerprint density at radius 2 is 1.74 bits per heavy atom. The molecule has 1 aromatic heterocycles. The number of anilines is 1. The third-order valence-electron chi connectivity index (χ3n) is 5.02. The fourth-order valence-electron chi connectivity index (χ4n) is 3.45. The van der Waals surface area contributed by atoms with Crippen LogP contribution < -0.4 is 5.32 Å². The average molecular weight is 479 g/mol. The van der Waals surface area contributed by atoms with E-state index in [-0.39, 0.29) is 35.0 Å². The van der Waals surface area contributed by atoms with Gasteiger partial charge in [0.05, 0.1) is 34.8 Å². The summed E-state index contributed by atoms with van der Waals surface area (Å²) in [7, 11) is 0. The number of fused-ring (bicyclic) bond motifs is 1.